The van der Waals surface area contributed by atoms with Crippen LogP contribution in [-0.4, -0.2) is 49.1 Å². The molecule has 192 valence electrons. The Morgan fingerprint density at radius 1 is 1.05 bits per heavy atom. The zero-order chi connectivity index (χ0) is 26.7. The fourth-order valence-electron chi connectivity index (χ4n) is 4.26. The fourth-order valence-corrected chi connectivity index (χ4v) is 5.29. The van der Waals surface area contributed by atoms with E-state index in [0.29, 0.717) is 52.2 Å². The van der Waals surface area contributed by atoms with Gasteiger partial charge in [0.2, 0.25) is 5.91 Å². The average molecular weight is 528 g/mol. The summed E-state index contributed by atoms with van der Waals surface area (Å²) in [5, 5.41) is 0. The first-order valence-corrected chi connectivity index (χ1v) is 13.4. The van der Waals surface area contributed by atoms with Gasteiger partial charge in [-0.1, -0.05) is 6.07 Å². The van der Waals surface area contributed by atoms with Crippen LogP contribution < -0.4 is 15.4 Å². The third kappa shape index (κ3) is 5.09. The van der Waals surface area contributed by atoms with Crippen molar-refractivity contribution in [2.45, 2.75) is 17.7 Å². The summed E-state index contributed by atoms with van der Waals surface area (Å²) in [7, 11) is -2.22. The number of allylic oxidation sites excluding steroid dienone is 1. The lowest BCUT2D eigenvalue weighted by molar-refractivity contribution is -0.117. The standard InChI is InChI=1S/C27H25N7O3S/c1-29-14-20(13-28)26-17-31-24-9-4-18(12-25(24)32-26)19-11-21(16-30-15-19)33-38(36,37)23-7-5-22(6-8-23)34-10-2-3-27(34)35/h4-9,11-17,33H,2-3,10,28H2,1H3/b20-13+,29-14?. The van der Waals surface area contributed by atoms with E-state index in [1.807, 2.05) is 18.2 Å². The molecule has 5 rings (SSSR count). The highest BCUT2D eigenvalue weighted by molar-refractivity contribution is 7.92. The zero-order valence-electron chi connectivity index (χ0n) is 20.6. The first kappa shape index (κ1) is 25.0. The molecule has 2 aromatic carbocycles. The monoisotopic (exact) mass is 527 g/mol. The van der Waals surface area contributed by atoms with E-state index < -0.39 is 10.0 Å². The SMILES string of the molecule is CN=C/C(=C\N)c1cnc2ccc(-c3cncc(NS(=O)(=O)c4ccc(N5CCCC5=O)cc4)c3)cc2n1. The van der Waals surface area contributed by atoms with Gasteiger partial charge in [-0.2, -0.15) is 0 Å². The van der Waals surface area contributed by atoms with E-state index in [1.165, 1.54) is 24.5 Å². The highest BCUT2D eigenvalue weighted by Crippen LogP contribution is 2.27. The van der Waals surface area contributed by atoms with Crippen molar-refractivity contribution in [3.63, 3.8) is 0 Å². The van der Waals surface area contributed by atoms with Gasteiger partial charge in [0.05, 0.1) is 39.7 Å². The maximum atomic E-state index is 13.0. The number of carbonyl (C=O) groups is 1. The Hall–Kier alpha value is -4.64. The molecule has 4 aromatic rings. The van der Waals surface area contributed by atoms with Gasteiger partial charge in [0.25, 0.3) is 10.0 Å². The number of carbonyl (C=O) groups excluding carboxylic acids is 1. The third-order valence-electron chi connectivity index (χ3n) is 6.14. The fraction of sp³-hybridized carbons (Fsp3) is 0.148. The maximum absolute atomic E-state index is 13.0. The van der Waals surface area contributed by atoms with Gasteiger partial charge < -0.3 is 10.6 Å². The number of sulfonamides is 1. The topological polar surface area (TPSA) is 144 Å². The molecular weight excluding hydrogens is 502 g/mol. The first-order valence-electron chi connectivity index (χ1n) is 11.9. The molecule has 1 saturated heterocycles. The van der Waals surface area contributed by atoms with Gasteiger partial charge in [-0.05, 0) is 54.4 Å². The van der Waals surface area contributed by atoms with Crippen molar-refractivity contribution in [3.8, 4) is 11.1 Å². The first-order chi connectivity index (χ1) is 18.4. The van der Waals surface area contributed by atoms with Crippen LogP contribution in [0.2, 0.25) is 0 Å². The van der Waals surface area contributed by atoms with Crippen molar-refractivity contribution in [1.29, 1.82) is 0 Å². The van der Waals surface area contributed by atoms with E-state index in [4.69, 9.17) is 5.73 Å². The number of aliphatic imine (C=N–C) groups is 1. The molecule has 11 heteroatoms. The normalized spacial score (nSPS) is 14.5. The average Bonchev–Trinajstić information content (AvgIpc) is 3.37. The Morgan fingerprint density at radius 2 is 1.87 bits per heavy atom. The number of nitrogens with two attached hydrogens (primary N) is 1. The molecule has 1 amide bonds. The summed E-state index contributed by atoms with van der Waals surface area (Å²) in [5.41, 5.74) is 10.8. The number of nitrogens with one attached hydrogen (secondary N) is 1. The maximum Gasteiger partial charge on any atom is 0.261 e. The van der Waals surface area contributed by atoms with Crippen molar-refractivity contribution in [3.05, 3.63) is 79.0 Å². The van der Waals surface area contributed by atoms with Crippen LogP contribution in [-0.2, 0) is 14.8 Å². The van der Waals surface area contributed by atoms with Crippen LogP contribution in [0.3, 0.4) is 0 Å². The summed E-state index contributed by atoms with van der Waals surface area (Å²) >= 11 is 0. The summed E-state index contributed by atoms with van der Waals surface area (Å²) in [5.74, 6) is 0.0450. The molecule has 10 nitrogen and oxygen atoms in total. The Morgan fingerprint density at radius 3 is 2.58 bits per heavy atom. The molecule has 2 aromatic heterocycles. The van der Waals surface area contributed by atoms with E-state index in [0.717, 1.165) is 12.0 Å². The number of pyridine rings is 1. The van der Waals surface area contributed by atoms with Gasteiger partial charge in [-0.15, -0.1) is 0 Å². The number of anilines is 2. The summed E-state index contributed by atoms with van der Waals surface area (Å²) in [6.07, 6.45) is 9.06. The zero-order valence-corrected chi connectivity index (χ0v) is 21.4. The molecule has 0 atom stereocenters. The second-order valence-corrected chi connectivity index (χ2v) is 10.4. The van der Waals surface area contributed by atoms with Crippen LogP contribution in [0.25, 0.3) is 27.7 Å². The Kier molecular flexibility index (Phi) is 6.84. The lowest BCUT2D eigenvalue weighted by atomic mass is 10.1. The predicted molar refractivity (Wildman–Crippen MR) is 148 cm³/mol. The lowest BCUT2D eigenvalue weighted by Crippen LogP contribution is -2.23. The highest BCUT2D eigenvalue weighted by atomic mass is 32.2. The minimum absolute atomic E-state index is 0.0450. The van der Waals surface area contributed by atoms with Crippen molar-refractivity contribution >= 4 is 50.1 Å². The summed E-state index contributed by atoms with van der Waals surface area (Å²) in [4.78, 5) is 31.1. The second kappa shape index (κ2) is 10.4. The number of rotatable bonds is 7. The van der Waals surface area contributed by atoms with Gasteiger partial charge in [-0.3, -0.25) is 24.5 Å². The lowest BCUT2D eigenvalue weighted by Gasteiger charge is -2.16. The molecule has 0 radical (unpaired) electrons. The van der Waals surface area contributed by atoms with Crippen LogP contribution >= 0.6 is 0 Å². The van der Waals surface area contributed by atoms with Crippen molar-refractivity contribution < 1.29 is 13.2 Å². The molecular formula is C27H25N7O3S. The molecule has 1 aliphatic heterocycles. The molecule has 0 aliphatic carbocycles. The van der Waals surface area contributed by atoms with Crippen molar-refractivity contribution in [1.82, 2.24) is 15.0 Å². The summed E-state index contributed by atoms with van der Waals surface area (Å²) < 4.78 is 28.7. The quantitative estimate of drug-likeness (QED) is 0.349. The number of hydrogen-bond acceptors (Lipinski definition) is 8. The predicted octanol–water partition coefficient (Wildman–Crippen LogP) is 3.62. The van der Waals surface area contributed by atoms with Gasteiger partial charge >= 0.3 is 0 Å². The van der Waals surface area contributed by atoms with E-state index >= 15 is 0 Å². The van der Waals surface area contributed by atoms with Gasteiger partial charge in [0.15, 0.2) is 0 Å². The Bertz CT molecular complexity index is 1680. The van der Waals surface area contributed by atoms with Crippen molar-refractivity contribution in [2.24, 2.45) is 10.7 Å². The molecule has 3 N–H and O–H groups in total. The Balaban J connectivity index is 1.40. The molecule has 0 spiro atoms. The molecule has 0 saturated carbocycles. The second-order valence-electron chi connectivity index (χ2n) is 8.68. The smallest absolute Gasteiger partial charge is 0.261 e. The number of amides is 1. The van der Waals surface area contributed by atoms with Crippen molar-refractivity contribution in [2.75, 3.05) is 23.2 Å². The van der Waals surface area contributed by atoms with Gasteiger partial charge in [-0.25, -0.2) is 13.4 Å². The Labute approximate surface area is 220 Å². The van der Waals surface area contributed by atoms with Gasteiger partial charge in [0, 0.05) is 55.4 Å². The van der Waals surface area contributed by atoms with Crippen LogP contribution in [0.5, 0.6) is 0 Å². The third-order valence-corrected chi connectivity index (χ3v) is 7.54. The molecule has 38 heavy (non-hydrogen) atoms. The minimum atomic E-state index is -3.87. The number of hydrogen-bond donors (Lipinski definition) is 2. The highest BCUT2D eigenvalue weighted by Gasteiger charge is 2.22. The van der Waals surface area contributed by atoms with Crippen LogP contribution in [0.1, 0.15) is 18.5 Å². The van der Waals surface area contributed by atoms with Gasteiger partial charge in [0.1, 0.15) is 0 Å². The van der Waals surface area contributed by atoms with E-state index in [-0.39, 0.29) is 10.8 Å². The number of aromatic nitrogens is 3. The van der Waals surface area contributed by atoms with Crippen LogP contribution in [0.4, 0.5) is 11.4 Å². The van der Waals surface area contributed by atoms with E-state index in [2.05, 4.69) is 24.7 Å². The van der Waals surface area contributed by atoms with Crippen LogP contribution in [0.15, 0.2) is 83.2 Å². The molecule has 0 unspecified atom stereocenters. The van der Waals surface area contributed by atoms with E-state index in [9.17, 15) is 13.2 Å². The molecule has 1 fully saturated rings. The largest absolute Gasteiger partial charge is 0.404 e. The number of nitrogens with zero attached hydrogens (tertiary/aromatic N) is 5. The minimum Gasteiger partial charge on any atom is -0.404 e. The summed E-state index contributed by atoms with van der Waals surface area (Å²) in [6, 6.07) is 13.6. The van der Waals surface area contributed by atoms with Crippen LogP contribution in [0, 0.1) is 0 Å². The summed E-state index contributed by atoms with van der Waals surface area (Å²) in [6.45, 7) is 0.640. The molecule has 1 aliphatic rings. The number of fused-ring (bicyclic) bond motifs is 1. The number of benzene rings is 2. The molecule has 3 heterocycles. The molecule has 0 bridgehead atoms. The van der Waals surface area contributed by atoms with E-state index in [1.54, 1.807) is 48.8 Å².